The predicted molar refractivity (Wildman–Crippen MR) is 80.0 cm³/mol. The smallest absolute Gasteiger partial charge is 0.0509 e. The average Bonchev–Trinajstić information content (AvgIpc) is 2.88. The molecule has 1 heteroatoms. The minimum absolute atomic E-state index is 0.546. The molecule has 0 saturated carbocycles. The third kappa shape index (κ3) is 2.57. The summed E-state index contributed by atoms with van der Waals surface area (Å²) < 4.78 is 0. The van der Waals surface area contributed by atoms with Crippen LogP contribution in [0, 0.1) is 5.92 Å². The summed E-state index contributed by atoms with van der Waals surface area (Å²) in [6.45, 7) is 1.20. The summed E-state index contributed by atoms with van der Waals surface area (Å²) in [5.74, 6) is 1.47. The molecule has 0 aliphatic carbocycles. The van der Waals surface area contributed by atoms with E-state index in [0.717, 1.165) is 0 Å². The number of benzene rings is 2. The molecule has 97 valence electrons. The van der Waals surface area contributed by atoms with Gasteiger partial charge in [-0.2, -0.15) is 0 Å². The van der Waals surface area contributed by atoms with Crippen molar-refractivity contribution in [2.24, 2.45) is 0 Å². The van der Waals surface area contributed by atoms with Crippen molar-refractivity contribution in [3.63, 3.8) is 0 Å². The van der Waals surface area contributed by atoms with Crippen LogP contribution in [0.2, 0.25) is 0 Å². The second kappa shape index (κ2) is 5.58. The Labute approximate surface area is 115 Å². The van der Waals surface area contributed by atoms with Gasteiger partial charge in [-0.05, 0) is 37.6 Å². The van der Waals surface area contributed by atoms with Crippen molar-refractivity contribution in [1.82, 2.24) is 4.90 Å². The van der Waals surface area contributed by atoms with E-state index in [2.05, 4.69) is 72.6 Å². The van der Waals surface area contributed by atoms with E-state index in [4.69, 9.17) is 0 Å². The Balaban J connectivity index is 2.01. The van der Waals surface area contributed by atoms with Crippen LogP contribution in [0.1, 0.15) is 24.0 Å². The molecule has 1 aliphatic rings. The van der Waals surface area contributed by atoms with Gasteiger partial charge >= 0.3 is 0 Å². The number of likely N-dealkylation sites (N-methyl/N-ethyl adjacent to an activating group) is 1. The van der Waals surface area contributed by atoms with E-state index >= 15 is 0 Å². The SMILES string of the molecule is CN1CCCC1[C](c1ccccc1)c1ccccc1. The maximum atomic E-state index is 2.48. The highest BCUT2D eigenvalue weighted by atomic mass is 15.1. The second-order valence-corrected chi connectivity index (χ2v) is 5.28. The molecule has 1 radical (unpaired) electrons. The lowest BCUT2D eigenvalue weighted by atomic mass is 9.84. The van der Waals surface area contributed by atoms with Crippen LogP contribution < -0.4 is 0 Å². The minimum Gasteiger partial charge on any atom is -0.302 e. The van der Waals surface area contributed by atoms with Crippen LogP contribution in [0.3, 0.4) is 0 Å². The molecule has 0 spiro atoms. The summed E-state index contributed by atoms with van der Waals surface area (Å²) in [7, 11) is 2.24. The minimum atomic E-state index is 0.546. The highest BCUT2D eigenvalue weighted by Gasteiger charge is 2.31. The van der Waals surface area contributed by atoms with Crippen LogP contribution in [0.5, 0.6) is 0 Å². The molecule has 2 aromatic carbocycles. The fourth-order valence-electron chi connectivity index (χ4n) is 3.06. The molecule has 2 aromatic rings. The van der Waals surface area contributed by atoms with Gasteiger partial charge in [0.25, 0.3) is 0 Å². The lowest BCUT2D eigenvalue weighted by Gasteiger charge is -2.29. The van der Waals surface area contributed by atoms with Gasteiger partial charge in [0.05, 0.1) is 5.92 Å². The van der Waals surface area contributed by atoms with Crippen LogP contribution in [-0.2, 0) is 0 Å². The summed E-state index contributed by atoms with van der Waals surface area (Å²) in [4.78, 5) is 2.48. The van der Waals surface area contributed by atoms with Crippen molar-refractivity contribution < 1.29 is 0 Å². The first-order valence-corrected chi connectivity index (χ1v) is 7.04. The Morgan fingerprint density at radius 2 is 1.42 bits per heavy atom. The van der Waals surface area contributed by atoms with E-state index in [9.17, 15) is 0 Å². The first kappa shape index (κ1) is 12.4. The molecule has 1 aliphatic heterocycles. The van der Waals surface area contributed by atoms with E-state index in [0.29, 0.717) is 6.04 Å². The van der Waals surface area contributed by atoms with Gasteiger partial charge in [-0.25, -0.2) is 0 Å². The van der Waals surface area contributed by atoms with Gasteiger partial charge < -0.3 is 4.90 Å². The molecule has 0 amide bonds. The molecule has 0 aromatic heterocycles. The Morgan fingerprint density at radius 3 is 1.84 bits per heavy atom. The first-order valence-electron chi connectivity index (χ1n) is 7.04. The Bertz CT molecular complexity index is 466. The lowest BCUT2D eigenvalue weighted by molar-refractivity contribution is 0.331. The van der Waals surface area contributed by atoms with Crippen LogP contribution in [-0.4, -0.2) is 24.5 Å². The standard InChI is InChI=1S/C18H20N/c1-19-14-8-13-17(19)18(15-9-4-2-5-10-15)16-11-6-3-7-12-16/h2-7,9-12,17H,8,13-14H2,1H3. The van der Waals surface area contributed by atoms with Gasteiger partial charge in [-0.1, -0.05) is 60.7 Å². The molecule has 1 atom stereocenters. The highest BCUT2D eigenvalue weighted by Crippen LogP contribution is 2.34. The zero-order valence-electron chi connectivity index (χ0n) is 11.4. The third-order valence-corrected chi connectivity index (χ3v) is 4.02. The quantitative estimate of drug-likeness (QED) is 0.802. The second-order valence-electron chi connectivity index (χ2n) is 5.28. The maximum Gasteiger partial charge on any atom is 0.0509 e. The van der Waals surface area contributed by atoms with E-state index < -0.39 is 0 Å². The van der Waals surface area contributed by atoms with Gasteiger partial charge in [0, 0.05) is 6.04 Å². The Kier molecular flexibility index (Phi) is 3.65. The zero-order chi connectivity index (χ0) is 13.1. The van der Waals surface area contributed by atoms with Crippen LogP contribution >= 0.6 is 0 Å². The largest absolute Gasteiger partial charge is 0.302 e. The first-order chi connectivity index (χ1) is 9.36. The predicted octanol–water partition coefficient (Wildman–Crippen LogP) is 3.75. The fourth-order valence-corrected chi connectivity index (χ4v) is 3.06. The van der Waals surface area contributed by atoms with Gasteiger partial charge in [-0.3, -0.25) is 0 Å². The third-order valence-electron chi connectivity index (χ3n) is 4.02. The van der Waals surface area contributed by atoms with E-state index in [1.54, 1.807) is 0 Å². The molecule has 3 rings (SSSR count). The monoisotopic (exact) mass is 250 g/mol. The van der Waals surface area contributed by atoms with Gasteiger partial charge in [0.1, 0.15) is 0 Å². The van der Waals surface area contributed by atoms with Gasteiger partial charge in [0.2, 0.25) is 0 Å². The van der Waals surface area contributed by atoms with Gasteiger partial charge in [0.15, 0.2) is 0 Å². The van der Waals surface area contributed by atoms with E-state index in [1.165, 1.54) is 36.4 Å². The molecule has 0 N–H and O–H groups in total. The van der Waals surface area contributed by atoms with Crippen molar-refractivity contribution in [1.29, 1.82) is 0 Å². The molecule has 1 unspecified atom stereocenters. The average molecular weight is 250 g/mol. The van der Waals surface area contributed by atoms with Gasteiger partial charge in [-0.15, -0.1) is 0 Å². The maximum absolute atomic E-state index is 2.48. The molecule has 1 fully saturated rings. The number of likely N-dealkylation sites (tertiary alicyclic amines) is 1. The number of rotatable bonds is 3. The van der Waals surface area contributed by atoms with E-state index in [-0.39, 0.29) is 0 Å². The molecular formula is C18H20N. The summed E-state index contributed by atoms with van der Waals surface area (Å²) in [5, 5.41) is 0. The molecular weight excluding hydrogens is 230 g/mol. The van der Waals surface area contributed by atoms with Crippen molar-refractivity contribution in [3.05, 3.63) is 77.7 Å². The summed E-state index contributed by atoms with van der Waals surface area (Å²) in [5.41, 5.74) is 2.71. The van der Waals surface area contributed by atoms with Crippen molar-refractivity contribution >= 4 is 0 Å². The lowest BCUT2D eigenvalue weighted by Crippen LogP contribution is -2.32. The normalized spacial score (nSPS) is 20.0. The molecule has 0 bridgehead atoms. The van der Waals surface area contributed by atoms with Crippen molar-refractivity contribution in [2.75, 3.05) is 13.6 Å². The van der Waals surface area contributed by atoms with Crippen molar-refractivity contribution in [2.45, 2.75) is 18.9 Å². The summed E-state index contributed by atoms with van der Waals surface area (Å²) >= 11 is 0. The fraction of sp³-hybridized carbons (Fsp3) is 0.278. The summed E-state index contributed by atoms with van der Waals surface area (Å²) in [6, 6.07) is 22.2. The topological polar surface area (TPSA) is 3.24 Å². The zero-order valence-corrected chi connectivity index (χ0v) is 11.4. The van der Waals surface area contributed by atoms with E-state index in [1.807, 2.05) is 0 Å². The molecule has 1 saturated heterocycles. The number of nitrogens with zero attached hydrogens (tertiary/aromatic N) is 1. The Morgan fingerprint density at radius 1 is 0.895 bits per heavy atom. The number of hydrogen-bond acceptors (Lipinski definition) is 1. The van der Waals surface area contributed by atoms with Crippen LogP contribution in [0.25, 0.3) is 0 Å². The molecule has 19 heavy (non-hydrogen) atoms. The highest BCUT2D eigenvalue weighted by molar-refractivity contribution is 5.48. The molecule has 1 heterocycles. The number of hydrogen-bond donors (Lipinski definition) is 0. The van der Waals surface area contributed by atoms with Crippen LogP contribution in [0.4, 0.5) is 0 Å². The summed E-state index contributed by atoms with van der Waals surface area (Å²) in [6.07, 6.45) is 2.56. The van der Waals surface area contributed by atoms with Crippen LogP contribution in [0.15, 0.2) is 60.7 Å². The van der Waals surface area contributed by atoms with Crippen molar-refractivity contribution in [3.8, 4) is 0 Å². The Hall–Kier alpha value is -1.60. The molecule has 1 nitrogen and oxygen atoms in total.